The zero-order valence-electron chi connectivity index (χ0n) is 20.5. The summed E-state index contributed by atoms with van der Waals surface area (Å²) in [5.74, 6) is 16.0. The molecule has 0 heterocycles. The van der Waals surface area contributed by atoms with E-state index in [2.05, 4.69) is 37.5 Å². The molecule has 2 atom stereocenters. The van der Waals surface area contributed by atoms with E-state index in [9.17, 15) is 0 Å². The molecule has 0 spiro atoms. The van der Waals surface area contributed by atoms with Crippen LogP contribution in [0.15, 0.2) is 36.4 Å². The van der Waals surface area contributed by atoms with E-state index >= 15 is 0 Å². The topological polar surface area (TPSA) is 46.2 Å². The lowest BCUT2D eigenvalue weighted by molar-refractivity contribution is 0.204. The molecule has 176 valence electrons. The van der Waals surface area contributed by atoms with Crippen LogP contribution in [0.1, 0.15) is 49.7 Å². The van der Waals surface area contributed by atoms with Gasteiger partial charge in [-0.2, -0.15) is 0 Å². The van der Waals surface area contributed by atoms with Crippen molar-refractivity contribution in [3.05, 3.63) is 47.5 Å². The molecule has 0 N–H and O–H groups in total. The zero-order chi connectivity index (χ0) is 24.1. The summed E-state index contributed by atoms with van der Waals surface area (Å²) in [5, 5.41) is 0. The Morgan fingerprint density at radius 2 is 0.970 bits per heavy atom. The largest absolute Gasteiger partial charge is 0.493 e. The second-order valence-electron chi connectivity index (χ2n) is 7.64. The van der Waals surface area contributed by atoms with Gasteiger partial charge in [0.15, 0.2) is 23.0 Å². The molecule has 2 aromatic rings. The van der Waals surface area contributed by atoms with Gasteiger partial charge in [-0.05, 0) is 47.2 Å². The Morgan fingerprint density at radius 3 is 1.33 bits per heavy atom. The molecular formula is C28H34O5. The van der Waals surface area contributed by atoms with E-state index in [4.69, 9.17) is 23.7 Å². The van der Waals surface area contributed by atoms with Crippen LogP contribution in [0.5, 0.6) is 23.0 Å². The highest BCUT2D eigenvalue weighted by molar-refractivity contribution is 5.44. The smallest absolute Gasteiger partial charge is 0.160 e. The van der Waals surface area contributed by atoms with Gasteiger partial charge in [0.2, 0.25) is 0 Å². The fourth-order valence-corrected chi connectivity index (χ4v) is 3.26. The predicted octanol–water partition coefficient (Wildman–Crippen LogP) is 5.43. The average Bonchev–Trinajstić information content (AvgIpc) is 2.86. The fourth-order valence-electron chi connectivity index (χ4n) is 3.26. The van der Waals surface area contributed by atoms with Crippen LogP contribution in [0.4, 0.5) is 0 Å². The van der Waals surface area contributed by atoms with E-state index in [-0.39, 0.29) is 11.8 Å². The second kappa shape index (κ2) is 14.0. The van der Waals surface area contributed by atoms with Crippen molar-refractivity contribution in [1.82, 2.24) is 0 Å². The van der Waals surface area contributed by atoms with Gasteiger partial charge in [-0.15, -0.1) is 11.8 Å². The van der Waals surface area contributed by atoms with Crippen molar-refractivity contribution in [2.24, 2.45) is 0 Å². The predicted molar refractivity (Wildman–Crippen MR) is 132 cm³/mol. The van der Waals surface area contributed by atoms with E-state index in [1.54, 1.807) is 28.4 Å². The van der Waals surface area contributed by atoms with Crippen LogP contribution in [0.2, 0.25) is 0 Å². The lowest BCUT2D eigenvalue weighted by Crippen LogP contribution is -1.97. The Balaban J connectivity index is 1.72. The number of rotatable bonds is 10. The van der Waals surface area contributed by atoms with Crippen LogP contribution in [-0.4, -0.2) is 41.7 Å². The van der Waals surface area contributed by atoms with Crippen LogP contribution in [0, 0.1) is 23.7 Å². The molecule has 0 saturated heterocycles. The van der Waals surface area contributed by atoms with Crippen molar-refractivity contribution in [2.75, 3.05) is 41.7 Å². The van der Waals surface area contributed by atoms with Crippen molar-refractivity contribution in [3.63, 3.8) is 0 Å². The highest BCUT2D eigenvalue weighted by Crippen LogP contribution is 2.32. The number of hydrogen-bond donors (Lipinski definition) is 0. The van der Waals surface area contributed by atoms with Crippen LogP contribution in [0.3, 0.4) is 0 Å². The zero-order valence-corrected chi connectivity index (χ0v) is 20.5. The van der Waals surface area contributed by atoms with Gasteiger partial charge in [0.05, 0.1) is 28.4 Å². The normalized spacial score (nSPS) is 11.8. The summed E-state index contributed by atoms with van der Waals surface area (Å²) in [4.78, 5) is 0. The molecule has 0 aliphatic carbocycles. The van der Waals surface area contributed by atoms with Gasteiger partial charge in [0, 0.05) is 12.8 Å². The van der Waals surface area contributed by atoms with Gasteiger partial charge in [-0.3, -0.25) is 0 Å². The number of methoxy groups -OCH3 is 4. The monoisotopic (exact) mass is 450 g/mol. The summed E-state index contributed by atoms with van der Waals surface area (Å²) < 4.78 is 26.8. The molecule has 0 fully saturated rings. The lowest BCUT2D eigenvalue weighted by atomic mass is 9.97. The Labute approximate surface area is 198 Å². The van der Waals surface area contributed by atoms with Gasteiger partial charge in [0.25, 0.3) is 0 Å². The summed E-state index contributed by atoms with van der Waals surface area (Å²) in [6, 6.07) is 11.9. The summed E-state index contributed by atoms with van der Waals surface area (Å²) in [7, 11) is 6.55. The van der Waals surface area contributed by atoms with Gasteiger partial charge in [-0.25, -0.2) is 0 Å². The Bertz CT molecular complexity index is 925. The van der Waals surface area contributed by atoms with Gasteiger partial charge >= 0.3 is 0 Å². The summed E-state index contributed by atoms with van der Waals surface area (Å²) in [6.45, 7) is 5.03. The SMILES string of the molecule is COc1ccc(C(C)CC#CCOCC#CCC(C)c2ccc(OC)c(OC)c2)cc1OC. The summed E-state index contributed by atoms with van der Waals surface area (Å²) in [6.07, 6.45) is 1.49. The molecule has 33 heavy (non-hydrogen) atoms. The standard InChI is InChI=1S/C28H34O5/c1-21(23-13-15-25(29-3)27(19-23)31-5)11-7-9-17-33-18-10-8-12-22(2)24-14-16-26(30-4)28(20-24)32-6/h13-16,19-22H,11-12,17-18H2,1-6H3. The molecule has 0 aromatic heterocycles. The molecule has 0 aliphatic rings. The van der Waals surface area contributed by atoms with Crippen LogP contribution >= 0.6 is 0 Å². The molecule has 0 amide bonds. The van der Waals surface area contributed by atoms with Crippen molar-refractivity contribution >= 4 is 0 Å². The van der Waals surface area contributed by atoms with Crippen LogP contribution in [0.25, 0.3) is 0 Å². The number of benzene rings is 2. The maximum atomic E-state index is 5.52. The first-order valence-electron chi connectivity index (χ1n) is 11.0. The summed E-state index contributed by atoms with van der Waals surface area (Å²) in [5.41, 5.74) is 2.33. The quantitative estimate of drug-likeness (QED) is 0.357. The van der Waals surface area contributed by atoms with Gasteiger partial charge in [-0.1, -0.05) is 37.8 Å². The Morgan fingerprint density at radius 1 is 0.576 bits per heavy atom. The fraction of sp³-hybridized carbons (Fsp3) is 0.429. The average molecular weight is 451 g/mol. The van der Waals surface area contributed by atoms with Gasteiger partial charge in [0.1, 0.15) is 13.2 Å². The molecule has 0 bridgehead atoms. The van der Waals surface area contributed by atoms with Crippen molar-refractivity contribution in [2.45, 2.75) is 38.5 Å². The number of ether oxygens (including phenoxy) is 5. The second-order valence-corrected chi connectivity index (χ2v) is 7.64. The highest BCUT2D eigenvalue weighted by Gasteiger charge is 2.10. The molecule has 0 aliphatic heterocycles. The number of hydrogen-bond acceptors (Lipinski definition) is 5. The summed E-state index contributed by atoms with van der Waals surface area (Å²) >= 11 is 0. The van der Waals surface area contributed by atoms with Crippen molar-refractivity contribution in [3.8, 4) is 46.7 Å². The molecular weight excluding hydrogens is 416 g/mol. The first-order valence-corrected chi connectivity index (χ1v) is 11.0. The van der Waals surface area contributed by atoms with Crippen LogP contribution in [-0.2, 0) is 4.74 Å². The molecule has 2 rings (SSSR count). The maximum Gasteiger partial charge on any atom is 0.160 e. The molecule has 2 unspecified atom stereocenters. The van der Waals surface area contributed by atoms with Gasteiger partial charge < -0.3 is 23.7 Å². The van der Waals surface area contributed by atoms with E-state index in [0.29, 0.717) is 13.2 Å². The Kier molecular flexibility index (Phi) is 11.0. The molecule has 5 nitrogen and oxygen atoms in total. The third-order valence-corrected chi connectivity index (χ3v) is 5.37. The third-order valence-electron chi connectivity index (χ3n) is 5.37. The first kappa shape index (κ1) is 26.0. The van der Waals surface area contributed by atoms with E-state index in [1.807, 2.05) is 36.4 Å². The third kappa shape index (κ3) is 7.97. The molecule has 0 saturated carbocycles. The minimum Gasteiger partial charge on any atom is -0.493 e. The highest BCUT2D eigenvalue weighted by atomic mass is 16.5. The maximum absolute atomic E-state index is 5.52. The van der Waals surface area contributed by atoms with Crippen LogP contribution < -0.4 is 18.9 Å². The minimum atomic E-state index is 0.287. The Hall–Kier alpha value is -3.28. The minimum absolute atomic E-state index is 0.287. The van der Waals surface area contributed by atoms with E-state index in [0.717, 1.165) is 47.0 Å². The van der Waals surface area contributed by atoms with Crippen molar-refractivity contribution < 1.29 is 23.7 Å². The lowest BCUT2D eigenvalue weighted by Gasteiger charge is -2.13. The van der Waals surface area contributed by atoms with Crippen molar-refractivity contribution in [1.29, 1.82) is 0 Å². The molecule has 0 radical (unpaired) electrons. The van der Waals surface area contributed by atoms with E-state index in [1.165, 1.54) is 0 Å². The van der Waals surface area contributed by atoms with E-state index < -0.39 is 0 Å². The molecule has 2 aromatic carbocycles. The molecule has 5 heteroatoms. The first-order chi connectivity index (χ1) is 16.0.